The average Bonchev–Trinajstić information content (AvgIpc) is 3.48. The van der Waals surface area contributed by atoms with Gasteiger partial charge in [0.05, 0.1) is 13.0 Å². The van der Waals surface area contributed by atoms with Crippen molar-refractivity contribution < 1.29 is 28.9 Å². The first-order valence-electron chi connectivity index (χ1n) is 12.1. The van der Waals surface area contributed by atoms with E-state index in [-0.39, 0.29) is 18.8 Å². The molecule has 1 N–H and O–H groups in total. The fourth-order valence-electron chi connectivity index (χ4n) is 4.85. The molecule has 4 rings (SSSR count). The van der Waals surface area contributed by atoms with Gasteiger partial charge in [-0.05, 0) is 55.3 Å². The molecule has 0 spiro atoms. The van der Waals surface area contributed by atoms with Crippen LogP contribution in [-0.2, 0) is 9.59 Å². The van der Waals surface area contributed by atoms with Crippen molar-refractivity contribution in [3.63, 3.8) is 0 Å². The molecule has 2 aliphatic rings. The summed E-state index contributed by atoms with van der Waals surface area (Å²) in [5.41, 5.74) is 1.94. The number of hydrogen-bond acceptors (Lipinski definition) is 6. The Morgan fingerprint density at radius 2 is 1.71 bits per heavy atom. The van der Waals surface area contributed by atoms with E-state index >= 15 is 0 Å². The summed E-state index contributed by atoms with van der Waals surface area (Å²) in [4.78, 5) is 26.3. The number of amides is 1. The summed E-state index contributed by atoms with van der Waals surface area (Å²) in [6.07, 6.45) is 3.03. The number of rotatable bonds is 9. The summed E-state index contributed by atoms with van der Waals surface area (Å²) < 4.78 is 16.0. The number of hydrogen-bond donors (Lipinski definition) is 1. The fourth-order valence-corrected chi connectivity index (χ4v) is 4.85. The predicted octanol–water partition coefficient (Wildman–Crippen LogP) is 4.16. The van der Waals surface area contributed by atoms with Crippen molar-refractivity contribution in [3.8, 4) is 17.2 Å². The highest BCUT2D eigenvalue weighted by Crippen LogP contribution is 2.47. The maximum absolute atomic E-state index is 12.2. The summed E-state index contributed by atoms with van der Waals surface area (Å²) >= 11 is 0. The molecule has 8 nitrogen and oxygen atoms in total. The lowest BCUT2D eigenvalue weighted by molar-refractivity contribution is -0.143. The lowest BCUT2D eigenvalue weighted by atomic mass is 9.83. The van der Waals surface area contributed by atoms with Crippen molar-refractivity contribution >= 4 is 12.4 Å². The molecule has 2 aliphatic heterocycles. The van der Waals surface area contributed by atoms with Gasteiger partial charge in [0, 0.05) is 31.6 Å². The molecule has 0 bridgehead atoms. The smallest absolute Gasteiger partial charge is 0.309 e. The molecule has 1 saturated heterocycles. The lowest BCUT2D eigenvalue weighted by Crippen LogP contribution is -2.26. The summed E-state index contributed by atoms with van der Waals surface area (Å²) in [5.74, 6) is 0.681. The van der Waals surface area contributed by atoms with E-state index in [1.54, 1.807) is 12.0 Å². The van der Waals surface area contributed by atoms with Crippen molar-refractivity contribution in [3.05, 3.63) is 53.6 Å². The third-order valence-electron chi connectivity index (χ3n) is 6.47. The molecule has 3 unspecified atom stereocenters. The van der Waals surface area contributed by atoms with Crippen LogP contribution in [0.15, 0.2) is 42.5 Å². The van der Waals surface area contributed by atoms with Gasteiger partial charge in [0.1, 0.15) is 5.75 Å². The second kappa shape index (κ2) is 12.4. The molecule has 2 heterocycles. The first-order chi connectivity index (χ1) is 16.9. The zero-order valence-corrected chi connectivity index (χ0v) is 21.0. The third-order valence-corrected chi connectivity index (χ3v) is 6.47. The molecule has 0 aromatic heterocycles. The van der Waals surface area contributed by atoms with Crippen molar-refractivity contribution in [2.24, 2.45) is 5.92 Å². The topological polar surface area (TPSA) is 88.5 Å². The van der Waals surface area contributed by atoms with Crippen molar-refractivity contribution in [2.45, 2.75) is 38.6 Å². The molecule has 35 heavy (non-hydrogen) atoms. The quantitative estimate of drug-likeness (QED) is 0.535. The Balaban J connectivity index is 0.000000327. The van der Waals surface area contributed by atoms with E-state index in [0.29, 0.717) is 18.0 Å². The minimum Gasteiger partial charge on any atom is -0.497 e. The Bertz CT molecular complexity index is 974. The highest BCUT2D eigenvalue weighted by Gasteiger charge is 2.46. The van der Waals surface area contributed by atoms with E-state index in [1.807, 2.05) is 49.5 Å². The number of carbonyl (C=O) groups excluding carboxylic acids is 1. The molecule has 0 aliphatic carbocycles. The van der Waals surface area contributed by atoms with Gasteiger partial charge >= 0.3 is 5.97 Å². The number of likely N-dealkylation sites (tertiary alicyclic amines) is 1. The zero-order valence-electron chi connectivity index (χ0n) is 21.0. The van der Waals surface area contributed by atoms with Gasteiger partial charge < -0.3 is 24.2 Å². The van der Waals surface area contributed by atoms with E-state index in [0.717, 1.165) is 49.2 Å². The second-order valence-corrected chi connectivity index (χ2v) is 8.88. The molecule has 2 aromatic carbocycles. The van der Waals surface area contributed by atoms with E-state index in [4.69, 9.17) is 14.2 Å². The highest BCUT2D eigenvalue weighted by atomic mass is 16.7. The third kappa shape index (κ3) is 6.25. The number of carbonyl (C=O) groups is 2. The van der Waals surface area contributed by atoms with Gasteiger partial charge in [-0.1, -0.05) is 32.0 Å². The summed E-state index contributed by atoms with van der Waals surface area (Å²) in [6.45, 7) is 6.82. The molecular weight excluding hydrogens is 448 g/mol. The minimum absolute atomic E-state index is 0.126. The number of likely N-dealkylation sites (N-methyl/N-ethyl adjacent to an activating group) is 1. The molecule has 0 radical (unpaired) electrons. The fraction of sp³-hybridized carbons (Fsp3) is 0.481. The van der Waals surface area contributed by atoms with Gasteiger partial charge in [0.25, 0.3) is 0 Å². The molecule has 8 heteroatoms. The number of fused-ring (bicyclic) bond motifs is 1. The van der Waals surface area contributed by atoms with Gasteiger partial charge in [-0.3, -0.25) is 14.5 Å². The van der Waals surface area contributed by atoms with Crippen LogP contribution in [0.2, 0.25) is 0 Å². The monoisotopic (exact) mass is 484 g/mol. The summed E-state index contributed by atoms with van der Waals surface area (Å²) in [6, 6.07) is 13.1. The van der Waals surface area contributed by atoms with Gasteiger partial charge in [0.2, 0.25) is 13.2 Å². The number of methoxy groups -OCH3 is 1. The number of ether oxygens (including phenoxy) is 3. The minimum atomic E-state index is -0.794. The second-order valence-electron chi connectivity index (χ2n) is 8.88. The normalized spacial score (nSPS) is 20.6. The number of carboxylic acids is 1. The van der Waals surface area contributed by atoms with Crippen LogP contribution in [0, 0.1) is 5.92 Å². The van der Waals surface area contributed by atoms with Gasteiger partial charge in [-0.25, -0.2) is 0 Å². The Morgan fingerprint density at radius 1 is 1.09 bits per heavy atom. The zero-order chi connectivity index (χ0) is 25.4. The number of benzene rings is 2. The SMILES string of the molecule is CCCN(C=O)CCC.COc1ccc(C2C(C(=O)O)C(c3ccc4c(c3)OCO4)CN2C)cc1. The summed E-state index contributed by atoms with van der Waals surface area (Å²) in [7, 11) is 3.59. The Kier molecular flexibility index (Phi) is 9.37. The van der Waals surface area contributed by atoms with Crippen LogP contribution in [0.5, 0.6) is 17.2 Å². The van der Waals surface area contributed by atoms with Crippen LogP contribution >= 0.6 is 0 Å². The van der Waals surface area contributed by atoms with E-state index in [9.17, 15) is 14.7 Å². The van der Waals surface area contributed by atoms with Crippen molar-refractivity contribution in [2.75, 3.05) is 40.6 Å². The lowest BCUT2D eigenvalue weighted by Gasteiger charge is -2.24. The van der Waals surface area contributed by atoms with Crippen LogP contribution in [-0.4, -0.2) is 67.9 Å². The van der Waals surface area contributed by atoms with Gasteiger partial charge in [-0.15, -0.1) is 0 Å². The van der Waals surface area contributed by atoms with Crippen molar-refractivity contribution in [1.29, 1.82) is 0 Å². The van der Waals surface area contributed by atoms with Crippen LogP contribution < -0.4 is 14.2 Å². The summed E-state index contributed by atoms with van der Waals surface area (Å²) in [5, 5.41) is 9.98. The predicted molar refractivity (Wildman–Crippen MR) is 133 cm³/mol. The number of nitrogens with zero attached hydrogens (tertiary/aromatic N) is 2. The number of carboxylic acid groups (broad SMARTS) is 1. The first kappa shape index (κ1) is 26.3. The Hall–Kier alpha value is -3.26. The Morgan fingerprint density at radius 3 is 2.29 bits per heavy atom. The van der Waals surface area contributed by atoms with Crippen LogP contribution in [0.3, 0.4) is 0 Å². The first-order valence-corrected chi connectivity index (χ1v) is 12.1. The van der Waals surface area contributed by atoms with E-state index in [2.05, 4.69) is 18.7 Å². The van der Waals surface area contributed by atoms with Gasteiger partial charge in [-0.2, -0.15) is 0 Å². The molecule has 1 fully saturated rings. The molecule has 1 amide bonds. The van der Waals surface area contributed by atoms with Crippen LogP contribution in [0.1, 0.15) is 49.8 Å². The van der Waals surface area contributed by atoms with E-state index < -0.39 is 11.9 Å². The van der Waals surface area contributed by atoms with E-state index in [1.165, 1.54) is 0 Å². The maximum Gasteiger partial charge on any atom is 0.309 e. The highest BCUT2D eigenvalue weighted by molar-refractivity contribution is 5.74. The van der Waals surface area contributed by atoms with Gasteiger partial charge in [0.15, 0.2) is 11.5 Å². The Labute approximate surface area is 207 Å². The molecule has 0 saturated carbocycles. The molecular formula is C27H36N2O6. The molecule has 3 atom stereocenters. The van der Waals surface area contributed by atoms with Crippen LogP contribution in [0.25, 0.3) is 0 Å². The van der Waals surface area contributed by atoms with Crippen molar-refractivity contribution in [1.82, 2.24) is 9.80 Å². The molecule has 190 valence electrons. The standard InChI is InChI=1S/C20H21NO5.C7H15NO/c1-21-10-15(13-5-8-16-17(9-13)26-11-25-16)18(20(22)23)19(21)12-3-6-14(24-2)7-4-12;1-3-5-8(7-9)6-4-2/h3-9,15,18-19H,10-11H2,1-2H3,(H,22,23);7H,3-6H2,1-2H3. The largest absolute Gasteiger partial charge is 0.497 e. The maximum atomic E-state index is 12.2. The molecule has 2 aromatic rings. The van der Waals surface area contributed by atoms with Crippen LogP contribution in [0.4, 0.5) is 0 Å². The number of aliphatic carboxylic acids is 1. The average molecular weight is 485 g/mol.